The van der Waals surface area contributed by atoms with Gasteiger partial charge in [0.05, 0.1) is 99.7 Å². The lowest BCUT2D eigenvalue weighted by molar-refractivity contribution is -0.138. The van der Waals surface area contributed by atoms with E-state index in [1.165, 1.54) is 0 Å². The average molecular weight is 1120 g/mol. The minimum atomic E-state index is -4.90. The second-order valence-corrected chi connectivity index (χ2v) is 19.4. The van der Waals surface area contributed by atoms with Crippen LogP contribution in [0.3, 0.4) is 0 Å². The van der Waals surface area contributed by atoms with Gasteiger partial charge in [0.1, 0.15) is 6.04 Å². The molecule has 1 atom stereocenters. The number of anilines is 3. The smallest absolute Gasteiger partial charge is 0.397 e. The van der Waals surface area contributed by atoms with E-state index < -0.39 is 58.4 Å². The number of rotatable bonds is 32. The predicted molar refractivity (Wildman–Crippen MR) is 290 cm³/mol. The fraction of sp³-hybridized carbons (Fsp3) is 0.482. The molecule has 7 rings (SSSR count). The lowest BCUT2D eigenvalue weighted by Crippen LogP contribution is -2.54. The number of ether oxygens (including phenoxy) is 5. The zero-order valence-corrected chi connectivity index (χ0v) is 44.6. The van der Waals surface area contributed by atoms with Crippen LogP contribution >= 0.6 is 0 Å². The van der Waals surface area contributed by atoms with Gasteiger partial charge < -0.3 is 55.3 Å². The number of imide groups is 2. The number of piperazine rings is 1. The number of aromatic amines is 1. The minimum absolute atomic E-state index is 0.0413. The molecule has 0 bridgehead atoms. The molecule has 7 N–H and O–H groups in total. The second-order valence-electron chi connectivity index (χ2n) is 19.4. The van der Waals surface area contributed by atoms with E-state index in [0.717, 1.165) is 92.7 Å². The lowest BCUT2D eigenvalue weighted by atomic mass is 10.0. The normalized spacial score (nSPS) is 16.0. The molecule has 0 radical (unpaired) electrons. The van der Waals surface area contributed by atoms with Gasteiger partial charge in [-0.15, -0.1) is 0 Å². The number of nitrogens with one attached hydrogen (secondary N) is 5. The number of carbonyl (C=O) groups excluding carboxylic acids is 6. The van der Waals surface area contributed by atoms with Crippen molar-refractivity contribution in [1.29, 1.82) is 0 Å². The molecule has 24 heteroatoms. The Kier molecular flexibility index (Phi) is 23.1. The van der Waals surface area contributed by atoms with Crippen LogP contribution in [-0.4, -0.2) is 173 Å². The number of piperidine rings is 1. The zero-order valence-electron chi connectivity index (χ0n) is 44.6. The summed E-state index contributed by atoms with van der Waals surface area (Å²) in [5.74, 6) is -3.32. The van der Waals surface area contributed by atoms with Crippen molar-refractivity contribution in [3.05, 3.63) is 111 Å². The molecule has 21 nitrogen and oxygen atoms in total. The summed E-state index contributed by atoms with van der Waals surface area (Å²) < 4.78 is 68.5. The predicted octanol–water partition coefficient (Wildman–Crippen LogP) is 4.68. The van der Waals surface area contributed by atoms with Gasteiger partial charge in [0.2, 0.25) is 23.3 Å². The molecule has 432 valence electrons. The number of alkyl halides is 3. The molecule has 3 aromatic carbocycles. The van der Waals surface area contributed by atoms with Crippen molar-refractivity contribution in [3.63, 3.8) is 0 Å². The van der Waals surface area contributed by atoms with E-state index in [-0.39, 0.29) is 47.7 Å². The second kappa shape index (κ2) is 30.5. The van der Waals surface area contributed by atoms with Crippen molar-refractivity contribution >= 4 is 52.5 Å². The summed E-state index contributed by atoms with van der Waals surface area (Å²) in [6.45, 7) is 10.2. The molecule has 0 spiro atoms. The first-order chi connectivity index (χ1) is 38.7. The highest BCUT2D eigenvalue weighted by molar-refractivity contribution is 6.25. The maximum absolute atomic E-state index is 13.6. The molecule has 2 saturated heterocycles. The summed E-state index contributed by atoms with van der Waals surface area (Å²) in [6, 6.07) is 17.1. The molecule has 0 aliphatic carbocycles. The monoisotopic (exact) mass is 1120 g/mol. The molecular weight excluding hydrogens is 1050 g/mol. The number of halogens is 3. The van der Waals surface area contributed by atoms with Crippen LogP contribution in [0.4, 0.5) is 30.2 Å². The summed E-state index contributed by atoms with van der Waals surface area (Å²) in [7, 11) is 0. The number of hydrogen-bond acceptors (Lipinski definition) is 16. The number of aromatic nitrogens is 1. The standard InChI is InChI=1S/C56H70F3N9O12/c57-56(58,59)43-35-50(71)63-36-42(43)52(72)64-46-34-40(11-12-44(46)60)39-8-5-7-38(33-39)37-67-21-19-66(20-22-67)18-4-2-1-3-16-62-48(69)15-23-76-25-27-78-29-31-80-32-30-79-28-26-77-24-17-61-45-10-6-9-41-51(45)55(75)68(54(41)74)47-13-14-49(70)65-53(47)73/h5-12,33-36,47,61H,1-4,13-32,37,60H2,(H,62,69)(H,63,71)(H,64,72)(H,65,70,73). The summed E-state index contributed by atoms with van der Waals surface area (Å²) in [6.07, 6.45) is 0.357. The number of hydrogen-bond donors (Lipinski definition) is 6. The number of nitrogens with two attached hydrogens (primary N) is 1. The Morgan fingerprint density at radius 3 is 2.04 bits per heavy atom. The molecule has 4 aromatic rings. The summed E-state index contributed by atoms with van der Waals surface area (Å²) >= 11 is 0. The number of carbonyl (C=O) groups is 6. The van der Waals surface area contributed by atoms with Crippen molar-refractivity contribution in [2.75, 3.05) is 128 Å². The Balaban J connectivity index is 0.629. The van der Waals surface area contributed by atoms with Gasteiger partial charge in [0, 0.05) is 76.6 Å². The molecule has 3 aliphatic rings. The molecule has 1 aromatic heterocycles. The fourth-order valence-corrected chi connectivity index (χ4v) is 9.40. The molecule has 6 amide bonds. The quantitative estimate of drug-likeness (QED) is 0.0220. The van der Waals surface area contributed by atoms with Gasteiger partial charge in [0.25, 0.3) is 17.7 Å². The number of fused-ring (bicyclic) bond motifs is 1. The van der Waals surface area contributed by atoms with Crippen molar-refractivity contribution in [2.24, 2.45) is 0 Å². The van der Waals surface area contributed by atoms with Crippen LogP contribution < -0.4 is 32.6 Å². The highest BCUT2D eigenvalue weighted by atomic mass is 19.4. The van der Waals surface area contributed by atoms with Crippen LogP contribution in [0.25, 0.3) is 11.1 Å². The summed E-state index contributed by atoms with van der Waals surface area (Å²) in [5, 5.41) is 10.8. The van der Waals surface area contributed by atoms with Crippen LogP contribution in [0.5, 0.6) is 0 Å². The number of pyridine rings is 1. The van der Waals surface area contributed by atoms with Crippen LogP contribution in [0, 0.1) is 0 Å². The van der Waals surface area contributed by atoms with Gasteiger partial charge in [-0.05, 0) is 72.8 Å². The molecule has 0 saturated carbocycles. The van der Waals surface area contributed by atoms with Crippen LogP contribution in [0.2, 0.25) is 0 Å². The van der Waals surface area contributed by atoms with E-state index in [4.69, 9.17) is 29.4 Å². The molecule has 2 fully saturated rings. The first-order valence-corrected chi connectivity index (χ1v) is 26.9. The van der Waals surface area contributed by atoms with E-state index in [1.807, 2.05) is 18.2 Å². The summed E-state index contributed by atoms with van der Waals surface area (Å²) in [4.78, 5) is 94.9. The molecule has 3 aliphatic heterocycles. The number of H-pyrrole nitrogens is 1. The van der Waals surface area contributed by atoms with Crippen LogP contribution in [0.1, 0.15) is 87.1 Å². The van der Waals surface area contributed by atoms with E-state index in [2.05, 4.69) is 42.1 Å². The van der Waals surface area contributed by atoms with Gasteiger partial charge in [-0.1, -0.05) is 43.2 Å². The average Bonchev–Trinajstić information content (AvgIpc) is 3.84. The van der Waals surface area contributed by atoms with Crippen molar-refractivity contribution in [3.8, 4) is 11.1 Å². The maximum atomic E-state index is 13.6. The van der Waals surface area contributed by atoms with Gasteiger partial charge >= 0.3 is 6.18 Å². The van der Waals surface area contributed by atoms with Gasteiger partial charge in [-0.2, -0.15) is 13.2 Å². The highest BCUT2D eigenvalue weighted by Crippen LogP contribution is 2.34. The summed E-state index contributed by atoms with van der Waals surface area (Å²) in [5.41, 5.74) is 6.91. The number of nitrogen functional groups attached to an aromatic ring is 1. The number of unbranched alkanes of at least 4 members (excludes halogenated alkanes) is 3. The first-order valence-electron chi connectivity index (χ1n) is 26.9. The van der Waals surface area contributed by atoms with Gasteiger partial charge in [-0.3, -0.25) is 48.7 Å². The van der Waals surface area contributed by atoms with Crippen molar-refractivity contribution < 1.29 is 65.6 Å². The Morgan fingerprint density at radius 1 is 0.688 bits per heavy atom. The van der Waals surface area contributed by atoms with Gasteiger partial charge in [-0.25, -0.2) is 0 Å². The number of amides is 6. The van der Waals surface area contributed by atoms with Crippen LogP contribution in [0.15, 0.2) is 77.7 Å². The minimum Gasteiger partial charge on any atom is -0.397 e. The van der Waals surface area contributed by atoms with E-state index >= 15 is 0 Å². The fourth-order valence-electron chi connectivity index (χ4n) is 9.40. The third kappa shape index (κ3) is 18.0. The Hall–Kier alpha value is -7.06. The molecule has 1 unspecified atom stereocenters. The largest absolute Gasteiger partial charge is 0.417 e. The third-order valence-corrected chi connectivity index (χ3v) is 13.6. The highest BCUT2D eigenvalue weighted by Gasteiger charge is 2.45. The van der Waals surface area contributed by atoms with E-state index in [1.54, 1.807) is 36.4 Å². The molecular formula is C56H70F3N9O12. The Bertz CT molecular complexity index is 2830. The van der Waals surface area contributed by atoms with Gasteiger partial charge in [0.15, 0.2) is 0 Å². The SMILES string of the molecule is Nc1ccc(-c2cccc(CN3CCN(CCCCCCNC(=O)CCOCCOCCOCCOCCOCCNc4cccc5c4C(=O)N(C4CCC(=O)NC4=O)C5=O)CC3)c2)cc1NC(=O)c1c[nH]c(=O)cc1C(F)(F)F. The Labute approximate surface area is 461 Å². The maximum Gasteiger partial charge on any atom is 0.417 e. The Morgan fingerprint density at radius 2 is 1.34 bits per heavy atom. The van der Waals surface area contributed by atoms with Crippen molar-refractivity contribution in [2.45, 2.75) is 63.7 Å². The number of benzene rings is 3. The number of nitrogens with zero attached hydrogens (tertiary/aromatic N) is 3. The third-order valence-electron chi connectivity index (χ3n) is 13.6. The zero-order chi connectivity index (χ0) is 56.9. The van der Waals surface area contributed by atoms with Crippen LogP contribution in [-0.2, 0) is 50.8 Å². The molecule has 80 heavy (non-hydrogen) atoms. The van der Waals surface area contributed by atoms with Crippen molar-refractivity contribution in [1.82, 2.24) is 30.3 Å². The van der Waals surface area contributed by atoms with E-state index in [9.17, 15) is 46.7 Å². The lowest BCUT2D eigenvalue weighted by Gasteiger charge is -2.34. The van der Waals surface area contributed by atoms with E-state index in [0.29, 0.717) is 90.9 Å². The topological polar surface area (TPSA) is 265 Å². The molecule has 4 heterocycles. The first kappa shape index (κ1) is 60.6.